The molecule has 1 saturated heterocycles. The second kappa shape index (κ2) is 7.35. The molecule has 0 spiro atoms. The van der Waals surface area contributed by atoms with Crippen molar-refractivity contribution in [3.05, 3.63) is 35.9 Å². The minimum absolute atomic E-state index is 0.251. The molecular formula is C15H16N2O5. The largest absolute Gasteiger partial charge is 0.454 e. The summed E-state index contributed by atoms with van der Waals surface area (Å²) in [5.74, 6) is -1.92. The van der Waals surface area contributed by atoms with E-state index in [1.54, 1.807) is 30.3 Å². The second-order valence-electron chi connectivity index (χ2n) is 4.75. The van der Waals surface area contributed by atoms with E-state index in [0.717, 1.165) is 4.90 Å². The first-order valence-corrected chi connectivity index (χ1v) is 6.90. The summed E-state index contributed by atoms with van der Waals surface area (Å²) in [7, 11) is 0. The minimum Gasteiger partial charge on any atom is -0.454 e. The Labute approximate surface area is 127 Å². The van der Waals surface area contributed by atoms with Crippen molar-refractivity contribution in [3.8, 4) is 0 Å². The Bertz CT molecular complexity index is 585. The lowest BCUT2D eigenvalue weighted by Crippen LogP contribution is -2.37. The van der Waals surface area contributed by atoms with Gasteiger partial charge in [-0.15, -0.1) is 0 Å². The Morgan fingerprint density at radius 3 is 2.55 bits per heavy atom. The maximum Gasteiger partial charge on any atom is 0.325 e. The molecule has 22 heavy (non-hydrogen) atoms. The molecule has 1 aliphatic rings. The number of ether oxygens (including phenoxy) is 1. The third kappa shape index (κ3) is 4.15. The van der Waals surface area contributed by atoms with Gasteiger partial charge in [-0.05, 0) is 18.6 Å². The van der Waals surface area contributed by atoms with Crippen LogP contribution in [0.2, 0.25) is 0 Å². The molecule has 116 valence electrons. The summed E-state index contributed by atoms with van der Waals surface area (Å²) in [6, 6.07) is 8.42. The summed E-state index contributed by atoms with van der Waals surface area (Å²) >= 11 is 0. The Hall–Kier alpha value is -2.70. The predicted molar refractivity (Wildman–Crippen MR) is 75.7 cm³/mol. The lowest BCUT2D eigenvalue weighted by atomic mass is 10.2. The Balaban J connectivity index is 1.71. The first kappa shape index (κ1) is 15.7. The fourth-order valence-electron chi connectivity index (χ4n) is 2.03. The molecule has 1 fully saturated rings. The number of rotatable bonds is 5. The average Bonchev–Trinajstić information content (AvgIpc) is 2.97. The molecule has 0 radical (unpaired) electrons. The molecule has 0 saturated carbocycles. The molecule has 0 aromatic heterocycles. The van der Waals surface area contributed by atoms with Crippen LogP contribution in [-0.4, -0.2) is 48.3 Å². The van der Waals surface area contributed by atoms with Crippen LogP contribution in [-0.2, 0) is 19.1 Å². The summed E-state index contributed by atoms with van der Waals surface area (Å²) in [5, 5.41) is 2.40. The SMILES string of the molecule is O=C(CNC(=O)c1ccccc1)OCC(=O)N1CCCC1=O. The topological polar surface area (TPSA) is 92.8 Å². The van der Waals surface area contributed by atoms with E-state index in [-0.39, 0.29) is 12.5 Å². The fourth-order valence-corrected chi connectivity index (χ4v) is 2.03. The molecule has 1 aromatic carbocycles. The van der Waals surface area contributed by atoms with Crippen LogP contribution in [0.1, 0.15) is 23.2 Å². The number of benzene rings is 1. The number of imide groups is 1. The van der Waals surface area contributed by atoms with Crippen LogP contribution in [0.25, 0.3) is 0 Å². The average molecular weight is 304 g/mol. The van der Waals surface area contributed by atoms with E-state index in [1.807, 2.05) is 0 Å². The minimum atomic E-state index is -0.732. The number of amides is 3. The molecule has 0 unspecified atom stereocenters. The third-order valence-electron chi connectivity index (χ3n) is 3.16. The highest BCUT2D eigenvalue weighted by atomic mass is 16.5. The number of nitrogens with one attached hydrogen (secondary N) is 1. The molecule has 1 aromatic rings. The van der Waals surface area contributed by atoms with Gasteiger partial charge in [-0.25, -0.2) is 0 Å². The molecule has 0 aliphatic carbocycles. The van der Waals surface area contributed by atoms with Crippen molar-refractivity contribution in [2.75, 3.05) is 19.7 Å². The molecule has 1 N–H and O–H groups in total. The van der Waals surface area contributed by atoms with Gasteiger partial charge in [0.15, 0.2) is 6.61 Å². The van der Waals surface area contributed by atoms with Crippen LogP contribution in [0.5, 0.6) is 0 Å². The molecule has 7 nitrogen and oxygen atoms in total. The van der Waals surface area contributed by atoms with Gasteiger partial charge < -0.3 is 10.1 Å². The summed E-state index contributed by atoms with van der Waals surface area (Å²) < 4.78 is 4.75. The van der Waals surface area contributed by atoms with E-state index in [9.17, 15) is 19.2 Å². The Morgan fingerprint density at radius 2 is 1.91 bits per heavy atom. The van der Waals surface area contributed by atoms with Gasteiger partial charge in [-0.2, -0.15) is 0 Å². The van der Waals surface area contributed by atoms with Crippen molar-refractivity contribution in [1.82, 2.24) is 10.2 Å². The van der Waals surface area contributed by atoms with E-state index in [2.05, 4.69) is 5.32 Å². The number of likely N-dealkylation sites (tertiary alicyclic amines) is 1. The number of carbonyl (C=O) groups excluding carboxylic acids is 4. The lowest BCUT2D eigenvalue weighted by molar-refractivity contribution is -0.154. The Kier molecular flexibility index (Phi) is 5.24. The van der Waals surface area contributed by atoms with Gasteiger partial charge in [-0.1, -0.05) is 18.2 Å². The zero-order chi connectivity index (χ0) is 15.9. The molecule has 0 bridgehead atoms. The predicted octanol–water partition coefficient (Wildman–Crippen LogP) is 0.109. The van der Waals surface area contributed by atoms with Crippen LogP contribution in [0.3, 0.4) is 0 Å². The Morgan fingerprint density at radius 1 is 1.18 bits per heavy atom. The lowest BCUT2D eigenvalue weighted by Gasteiger charge is -2.13. The van der Waals surface area contributed by atoms with Crippen molar-refractivity contribution in [2.45, 2.75) is 12.8 Å². The number of nitrogens with zero attached hydrogens (tertiary/aromatic N) is 1. The van der Waals surface area contributed by atoms with E-state index in [0.29, 0.717) is 24.9 Å². The van der Waals surface area contributed by atoms with Crippen molar-refractivity contribution in [2.24, 2.45) is 0 Å². The third-order valence-corrected chi connectivity index (χ3v) is 3.16. The van der Waals surface area contributed by atoms with Crippen LogP contribution in [0.15, 0.2) is 30.3 Å². The highest BCUT2D eigenvalue weighted by Crippen LogP contribution is 2.09. The monoisotopic (exact) mass is 304 g/mol. The van der Waals surface area contributed by atoms with E-state index < -0.39 is 24.4 Å². The highest BCUT2D eigenvalue weighted by Gasteiger charge is 2.26. The maximum atomic E-state index is 11.7. The van der Waals surface area contributed by atoms with Crippen molar-refractivity contribution in [1.29, 1.82) is 0 Å². The number of esters is 1. The van der Waals surface area contributed by atoms with Gasteiger partial charge in [0.25, 0.3) is 11.8 Å². The van der Waals surface area contributed by atoms with Crippen LogP contribution in [0, 0.1) is 0 Å². The summed E-state index contributed by atoms with van der Waals surface area (Å²) in [5.41, 5.74) is 0.425. The van der Waals surface area contributed by atoms with Gasteiger partial charge >= 0.3 is 5.97 Å². The molecule has 1 heterocycles. The maximum absolute atomic E-state index is 11.7. The zero-order valence-electron chi connectivity index (χ0n) is 11.9. The zero-order valence-corrected chi connectivity index (χ0v) is 11.9. The van der Waals surface area contributed by atoms with Crippen molar-refractivity contribution in [3.63, 3.8) is 0 Å². The molecule has 0 atom stereocenters. The fraction of sp³-hybridized carbons (Fsp3) is 0.333. The molecule has 1 aliphatic heterocycles. The summed E-state index contributed by atoms with van der Waals surface area (Å²) in [6.45, 7) is -0.472. The first-order valence-electron chi connectivity index (χ1n) is 6.90. The van der Waals surface area contributed by atoms with Crippen molar-refractivity contribution < 1.29 is 23.9 Å². The normalized spacial score (nSPS) is 13.8. The van der Waals surface area contributed by atoms with Gasteiger partial charge in [-0.3, -0.25) is 24.1 Å². The molecule has 2 rings (SSSR count). The number of carbonyl (C=O) groups is 4. The van der Waals surface area contributed by atoms with Gasteiger partial charge in [0, 0.05) is 18.5 Å². The quantitative estimate of drug-likeness (QED) is 0.779. The highest BCUT2D eigenvalue weighted by molar-refractivity contribution is 5.98. The van der Waals surface area contributed by atoms with Crippen LogP contribution in [0.4, 0.5) is 0 Å². The van der Waals surface area contributed by atoms with Gasteiger partial charge in [0.05, 0.1) is 0 Å². The van der Waals surface area contributed by atoms with Gasteiger partial charge in [0.2, 0.25) is 5.91 Å². The molecule has 7 heteroatoms. The van der Waals surface area contributed by atoms with E-state index >= 15 is 0 Å². The van der Waals surface area contributed by atoms with Gasteiger partial charge in [0.1, 0.15) is 6.54 Å². The molecular weight excluding hydrogens is 288 g/mol. The second-order valence-corrected chi connectivity index (χ2v) is 4.75. The molecule has 3 amide bonds. The van der Waals surface area contributed by atoms with Crippen molar-refractivity contribution >= 4 is 23.7 Å². The van der Waals surface area contributed by atoms with Crippen LogP contribution >= 0.6 is 0 Å². The first-order chi connectivity index (χ1) is 10.6. The van der Waals surface area contributed by atoms with E-state index in [4.69, 9.17) is 4.74 Å². The smallest absolute Gasteiger partial charge is 0.325 e. The standard InChI is InChI=1S/C15H16N2O5/c18-12-7-4-8-17(12)13(19)10-22-14(20)9-16-15(21)11-5-2-1-3-6-11/h1-3,5-6H,4,7-10H2,(H,16,21). The summed E-state index contributed by atoms with van der Waals surface area (Å²) in [4.78, 5) is 47.3. The number of hydrogen-bond acceptors (Lipinski definition) is 5. The summed E-state index contributed by atoms with van der Waals surface area (Å²) in [6.07, 6.45) is 0.971. The van der Waals surface area contributed by atoms with E-state index in [1.165, 1.54) is 0 Å². The number of hydrogen-bond donors (Lipinski definition) is 1. The van der Waals surface area contributed by atoms with Crippen LogP contribution < -0.4 is 5.32 Å².